The third kappa shape index (κ3) is 5.60. The standard InChI is InChI=1S/C18H18N2O12/c1-7(21)15(25)29-6-10-12(31-16(26)8(2)22)13(32-17(27)9(3)23)14(30-10)20-5-4-11(24)19-18(20)28/h4-5,10,12-14H,6H2,1-3H3,(H,19,24,28)/t10-,12-,13-,14-/m1/s1. The number of aromatic amines is 1. The Morgan fingerprint density at radius 2 is 1.44 bits per heavy atom. The third-order valence-corrected chi connectivity index (χ3v) is 4.14. The SMILES string of the molecule is CC(=O)C(=O)OC[C@H]1O[C@@H](n2ccc(=O)[nH]c2=O)[C@H](OC(=O)C(C)=O)[C@@H]1OC(=O)C(C)=O. The molecule has 1 aliphatic heterocycles. The summed E-state index contributed by atoms with van der Waals surface area (Å²) in [6.07, 6.45) is -5.35. The van der Waals surface area contributed by atoms with Gasteiger partial charge in [0.15, 0.2) is 18.4 Å². The molecule has 0 radical (unpaired) electrons. The summed E-state index contributed by atoms with van der Waals surface area (Å²) in [4.78, 5) is 94.7. The van der Waals surface area contributed by atoms with Gasteiger partial charge in [-0.1, -0.05) is 0 Å². The molecule has 0 aromatic carbocycles. The molecule has 1 N–H and O–H groups in total. The molecule has 172 valence electrons. The number of hydrogen-bond acceptors (Lipinski definition) is 12. The zero-order valence-corrected chi connectivity index (χ0v) is 17.0. The molecule has 1 aliphatic rings. The van der Waals surface area contributed by atoms with E-state index in [4.69, 9.17) is 18.9 Å². The molecule has 0 saturated carbocycles. The van der Waals surface area contributed by atoms with E-state index in [2.05, 4.69) is 0 Å². The molecule has 4 atom stereocenters. The van der Waals surface area contributed by atoms with E-state index in [0.29, 0.717) is 0 Å². The largest absolute Gasteiger partial charge is 0.457 e. The van der Waals surface area contributed by atoms with Crippen molar-refractivity contribution in [2.45, 2.75) is 45.3 Å². The van der Waals surface area contributed by atoms with Crippen molar-refractivity contribution in [2.75, 3.05) is 6.61 Å². The molecule has 0 amide bonds. The highest BCUT2D eigenvalue weighted by atomic mass is 16.7. The number of nitrogens with one attached hydrogen (secondary N) is 1. The molecule has 1 aromatic heterocycles. The van der Waals surface area contributed by atoms with Crippen LogP contribution in [0.15, 0.2) is 21.9 Å². The molecule has 2 heterocycles. The molecular formula is C18H18N2O12. The second-order valence-electron chi connectivity index (χ2n) is 6.59. The number of Topliss-reactive ketones (excluding diaryl/α,β-unsaturated/α-hetero) is 3. The van der Waals surface area contributed by atoms with Gasteiger partial charge in [0.05, 0.1) is 0 Å². The number of nitrogens with zero attached hydrogens (tertiary/aromatic N) is 1. The van der Waals surface area contributed by atoms with E-state index in [1.165, 1.54) is 0 Å². The fourth-order valence-electron chi connectivity index (χ4n) is 2.63. The summed E-state index contributed by atoms with van der Waals surface area (Å²) in [7, 11) is 0. The number of ether oxygens (including phenoxy) is 4. The van der Waals surface area contributed by atoms with Crippen molar-refractivity contribution in [1.82, 2.24) is 9.55 Å². The number of ketones is 3. The van der Waals surface area contributed by atoms with Gasteiger partial charge in [-0.15, -0.1) is 0 Å². The predicted octanol–water partition coefficient (Wildman–Crippen LogP) is -2.43. The third-order valence-electron chi connectivity index (χ3n) is 4.14. The molecule has 1 aromatic rings. The zero-order valence-electron chi connectivity index (χ0n) is 17.0. The monoisotopic (exact) mass is 454 g/mol. The first-order chi connectivity index (χ1) is 14.9. The maximum atomic E-state index is 12.2. The second kappa shape index (κ2) is 9.91. The van der Waals surface area contributed by atoms with E-state index < -0.39 is 77.7 Å². The quantitative estimate of drug-likeness (QED) is 0.248. The average molecular weight is 454 g/mol. The van der Waals surface area contributed by atoms with Crippen molar-refractivity contribution in [1.29, 1.82) is 0 Å². The number of carbonyl (C=O) groups is 6. The maximum absolute atomic E-state index is 12.2. The van der Waals surface area contributed by atoms with Crippen molar-refractivity contribution in [3.63, 3.8) is 0 Å². The molecular weight excluding hydrogens is 436 g/mol. The van der Waals surface area contributed by atoms with Crippen molar-refractivity contribution in [3.05, 3.63) is 33.1 Å². The fraction of sp³-hybridized carbons (Fsp3) is 0.444. The number of hydrogen-bond donors (Lipinski definition) is 1. The normalized spacial score (nSPS) is 22.0. The Morgan fingerprint density at radius 3 is 1.94 bits per heavy atom. The molecule has 2 rings (SSSR count). The van der Waals surface area contributed by atoms with Gasteiger partial charge in [-0.25, -0.2) is 19.2 Å². The van der Waals surface area contributed by atoms with Crippen molar-refractivity contribution in [3.8, 4) is 0 Å². The summed E-state index contributed by atoms with van der Waals surface area (Å²) in [5.41, 5.74) is -1.77. The minimum atomic E-state index is -1.68. The smallest absolute Gasteiger partial charge is 0.374 e. The summed E-state index contributed by atoms with van der Waals surface area (Å²) in [6.45, 7) is 2.01. The predicted molar refractivity (Wildman–Crippen MR) is 98.0 cm³/mol. The van der Waals surface area contributed by atoms with Crippen LogP contribution in [0.4, 0.5) is 0 Å². The van der Waals surface area contributed by atoms with Crippen molar-refractivity contribution in [2.24, 2.45) is 0 Å². The lowest BCUT2D eigenvalue weighted by atomic mass is 10.1. The summed E-state index contributed by atoms with van der Waals surface area (Å²) in [5, 5.41) is 0. The van der Waals surface area contributed by atoms with Gasteiger partial charge >= 0.3 is 23.6 Å². The Morgan fingerprint density at radius 1 is 0.906 bits per heavy atom. The number of aromatic nitrogens is 2. The number of H-pyrrole nitrogens is 1. The van der Waals surface area contributed by atoms with E-state index in [1.54, 1.807) is 0 Å². The molecule has 0 aliphatic carbocycles. The molecule has 0 unspecified atom stereocenters. The fourth-order valence-corrected chi connectivity index (χ4v) is 2.63. The maximum Gasteiger partial charge on any atom is 0.374 e. The first kappa shape index (κ1) is 24.3. The van der Waals surface area contributed by atoms with Gasteiger partial charge < -0.3 is 18.9 Å². The molecule has 14 nitrogen and oxygen atoms in total. The lowest BCUT2D eigenvalue weighted by Gasteiger charge is -2.24. The van der Waals surface area contributed by atoms with Crippen LogP contribution in [-0.4, -0.2) is 69.7 Å². The first-order valence-electron chi connectivity index (χ1n) is 9.00. The van der Waals surface area contributed by atoms with E-state index >= 15 is 0 Å². The van der Waals surface area contributed by atoms with Gasteiger partial charge in [-0.05, 0) is 0 Å². The Bertz CT molecular complexity index is 1080. The van der Waals surface area contributed by atoms with E-state index in [-0.39, 0.29) is 0 Å². The van der Waals surface area contributed by atoms with E-state index in [0.717, 1.165) is 37.6 Å². The molecule has 1 saturated heterocycles. The van der Waals surface area contributed by atoms with Crippen LogP contribution >= 0.6 is 0 Å². The minimum absolute atomic E-state index is 0.711. The summed E-state index contributed by atoms with van der Waals surface area (Å²) in [5.74, 6) is -7.04. The molecule has 0 bridgehead atoms. The van der Waals surface area contributed by atoms with Crippen LogP contribution in [0, 0.1) is 0 Å². The topological polar surface area (TPSA) is 194 Å². The number of carbonyl (C=O) groups excluding carboxylic acids is 6. The van der Waals surface area contributed by atoms with E-state index in [1.807, 2.05) is 4.98 Å². The highest BCUT2D eigenvalue weighted by molar-refractivity contribution is 6.33. The number of esters is 3. The van der Waals surface area contributed by atoms with Gasteiger partial charge in [0.1, 0.15) is 12.7 Å². The Labute approximate surface area is 178 Å². The van der Waals surface area contributed by atoms with Crippen LogP contribution in [0.5, 0.6) is 0 Å². The summed E-state index contributed by atoms with van der Waals surface area (Å²) < 4.78 is 21.1. The van der Waals surface area contributed by atoms with Crippen LogP contribution in [0.3, 0.4) is 0 Å². The Kier molecular flexibility index (Phi) is 7.54. The first-order valence-corrected chi connectivity index (χ1v) is 9.00. The highest BCUT2D eigenvalue weighted by Gasteiger charge is 2.52. The van der Waals surface area contributed by atoms with Crippen LogP contribution in [-0.2, 0) is 47.7 Å². The van der Waals surface area contributed by atoms with Crippen LogP contribution < -0.4 is 11.2 Å². The zero-order chi connectivity index (χ0) is 24.2. The Hall–Kier alpha value is -3.94. The minimum Gasteiger partial charge on any atom is -0.457 e. The van der Waals surface area contributed by atoms with Gasteiger partial charge in [0.2, 0.25) is 17.3 Å². The molecule has 32 heavy (non-hydrogen) atoms. The summed E-state index contributed by atoms with van der Waals surface area (Å²) >= 11 is 0. The lowest BCUT2D eigenvalue weighted by molar-refractivity contribution is -0.173. The van der Waals surface area contributed by atoms with Gasteiger partial charge in [-0.3, -0.25) is 28.7 Å². The van der Waals surface area contributed by atoms with Crippen molar-refractivity contribution >= 4 is 35.3 Å². The van der Waals surface area contributed by atoms with Crippen LogP contribution in [0.2, 0.25) is 0 Å². The molecule has 14 heteroatoms. The lowest BCUT2D eigenvalue weighted by Crippen LogP contribution is -2.44. The highest BCUT2D eigenvalue weighted by Crippen LogP contribution is 2.33. The van der Waals surface area contributed by atoms with Gasteiger partial charge in [0.25, 0.3) is 5.56 Å². The van der Waals surface area contributed by atoms with Gasteiger partial charge in [-0.2, -0.15) is 0 Å². The molecule has 1 fully saturated rings. The second-order valence-corrected chi connectivity index (χ2v) is 6.59. The van der Waals surface area contributed by atoms with Crippen LogP contribution in [0.1, 0.15) is 27.0 Å². The molecule has 0 spiro atoms. The van der Waals surface area contributed by atoms with Crippen molar-refractivity contribution < 1.29 is 47.7 Å². The van der Waals surface area contributed by atoms with E-state index in [9.17, 15) is 38.4 Å². The Balaban J connectivity index is 2.49. The summed E-state index contributed by atoms with van der Waals surface area (Å²) in [6, 6.07) is 0.939. The number of rotatable bonds is 8. The average Bonchev–Trinajstić information content (AvgIpc) is 3.02. The van der Waals surface area contributed by atoms with Gasteiger partial charge in [0, 0.05) is 33.0 Å². The van der Waals surface area contributed by atoms with Crippen LogP contribution in [0.25, 0.3) is 0 Å².